The number of nitrogens with one attached hydrogen (secondary N) is 1. The molecule has 0 aliphatic rings. The van der Waals surface area contributed by atoms with Gasteiger partial charge in [-0.15, -0.1) is 0 Å². The van der Waals surface area contributed by atoms with Crippen molar-refractivity contribution in [2.75, 3.05) is 0 Å². The molecule has 100 valence electrons. The topological polar surface area (TPSA) is 36.2 Å². The second-order valence-electron chi connectivity index (χ2n) is 5.10. The van der Waals surface area contributed by atoms with Crippen LogP contribution >= 0.6 is 0 Å². The summed E-state index contributed by atoms with van der Waals surface area (Å²) in [7, 11) is 0. The van der Waals surface area contributed by atoms with Crippen molar-refractivity contribution in [3.05, 3.63) is 0 Å². The van der Waals surface area contributed by atoms with Crippen LogP contribution in [0.2, 0.25) is 13.3 Å². The van der Waals surface area contributed by atoms with Crippen LogP contribution in [0, 0.1) is 5.41 Å². The Balaban J connectivity index is 4.76. The van der Waals surface area contributed by atoms with Crippen LogP contribution in [0.1, 0.15) is 59.3 Å². The molecule has 0 aromatic carbocycles. The third-order valence-corrected chi connectivity index (χ3v) is 18.2. The number of rotatable bonds is 10. The first-order chi connectivity index (χ1) is 8.16. The summed E-state index contributed by atoms with van der Waals surface area (Å²) in [5, 5.41) is 8.24. The molecule has 0 saturated heterocycles. The first kappa shape index (κ1) is 17.1. The Hall–Kier alpha value is 0.139. The van der Waals surface area contributed by atoms with E-state index in [1.54, 1.807) is 0 Å². The molecule has 0 fully saturated rings. The Bertz CT molecular complexity index is 204. The monoisotopic (exact) mass is 346 g/mol. The molecule has 2 nitrogen and oxygen atoms in total. The Morgan fingerprint density at radius 1 is 0.941 bits per heavy atom. The van der Waals surface area contributed by atoms with E-state index in [1.165, 1.54) is 51.8 Å². The molecular formula is C14H30N2Sn. The second kappa shape index (κ2) is 10.1. The van der Waals surface area contributed by atoms with E-state index >= 15 is 0 Å². The molecule has 0 atom stereocenters. The molecule has 1 N–H and O–H groups in total. The molecule has 17 heavy (non-hydrogen) atoms. The van der Waals surface area contributed by atoms with Gasteiger partial charge in [0.2, 0.25) is 0 Å². The van der Waals surface area contributed by atoms with Crippen LogP contribution < -0.4 is 0 Å². The first-order valence-electron chi connectivity index (χ1n) is 7.22. The van der Waals surface area contributed by atoms with Crippen LogP contribution in [0.4, 0.5) is 0 Å². The van der Waals surface area contributed by atoms with E-state index < -0.39 is 18.4 Å². The minimum absolute atomic E-state index is 0.745. The predicted molar refractivity (Wildman–Crippen MR) is 82.2 cm³/mol. The molecule has 0 unspecified atom stereocenters. The fourth-order valence-electron chi connectivity index (χ4n) is 2.44. The average Bonchev–Trinajstić information content (AvgIpc) is 2.37. The van der Waals surface area contributed by atoms with Crippen molar-refractivity contribution in [3.63, 3.8) is 0 Å². The summed E-state index contributed by atoms with van der Waals surface area (Å²) in [5.41, 5.74) is 0. The molecule has 0 amide bonds. The molecule has 0 aromatic rings. The number of aliphatic imine (C=N–C) groups is 1. The van der Waals surface area contributed by atoms with Crippen molar-refractivity contribution in [2.24, 2.45) is 4.99 Å². The first-order valence-corrected chi connectivity index (χ1v) is 14.7. The van der Waals surface area contributed by atoms with Gasteiger partial charge in [-0.3, -0.25) is 0 Å². The van der Waals surface area contributed by atoms with Crippen molar-refractivity contribution in [1.82, 2.24) is 0 Å². The Morgan fingerprint density at radius 2 is 1.29 bits per heavy atom. The van der Waals surface area contributed by atoms with Gasteiger partial charge >= 0.3 is 112 Å². The van der Waals surface area contributed by atoms with Gasteiger partial charge in [0.1, 0.15) is 0 Å². The summed E-state index contributed by atoms with van der Waals surface area (Å²) in [5.74, 6) is 0. The normalized spacial score (nSPS) is 11.5. The van der Waals surface area contributed by atoms with Crippen LogP contribution in [-0.2, 0) is 0 Å². The Morgan fingerprint density at radius 3 is 1.53 bits per heavy atom. The number of unbranched alkanes of at least 4 members (excludes halogenated alkanes) is 3. The number of nitrogens with zero attached hydrogens (tertiary/aromatic N) is 1. The zero-order valence-electron chi connectivity index (χ0n) is 12.0. The summed E-state index contributed by atoms with van der Waals surface area (Å²) in [6.45, 7) is 10.4. The predicted octanol–water partition coefficient (Wildman–Crippen LogP) is 5.05. The van der Waals surface area contributed by atoms with Gasteiger partial charge in [0.15, 0.2) is 0 Å². The fourth-order valence-corrected chi connectivity index (χ4v) is 16.4. The maximum absolute atomic E-state index is 8.24. The van der Waals surface area contributed by atoms with E-state index in [9.17, 15) is 0 Å². The van der Waals surface area contributed by atoms with E-state index in [2.05, 4.69) is 32.5 Å². The molecule has 0 aliphatic carbocycles. The van der Waals surface area contributed by atoms with Crippen molar-refractivity contribution >= 4 is 28.9 Å². The zero-order valence-corrected chi connectivity index (χ0v) is 14.9. The summed E-state index contributed by atoms with van der Waals surface area (Å²) in [6.07, 6.45) is 7.63. The van der Waals surface area contributed by atoms with E-state index in [1.807, 2.05) is 0 Å². The summed E-state index contributed by atoms with van der Waals surface area (Å²) >= 11 is -2.44. The zero-order chi connectivity index (χ0) is 13.1. The van der Waals surface area contributed by atoms with Crippen LogP contribution in [0.3, 0.4) is 0 Å². The molecule has 0 bridgehead atoms. The standard InChI is InChI=1S/3C4H9.C2H3N2.Sn/c3*1-3-4-2;1-4-2-3;/h3*1,3-4H2,2H3;3H,1H2;. The average molecular weight is 345 g/mol. The van der Waals surface area contributed by atoms with Crippen LogP contribution in [0.15, 0.2) is 4.99 Å². The maximum atomic E-state index is 8.24. The molecule has 0 aliphatic heterocycles. The fraction of sp³-hybridized carbons (Fsp3) is 0.857. The van der Waals surface area contributed by atoms with Gasteiger partial charge in [-0.2, -0.15) is 0 Å². The van der Waals surface area contributed by atoms with Crippen LogP contribution in [-0.4, -0.2) is 28.9 Å². The van der Waals surface area contributed by atoms with Gasteiger partial charge < -0.3 is 0 Å². The van der Waals surface area contributed by atoms with Crippen molar-refractivity contribution in [3.8, 4) is 0 Å². The van der Waals surface area contributed by atoms with E-state index in [-0.39, 0.29) is 0 Å². The van der Waals surface area contributed by atoms with E-state index in [0.717, 1.165) is 3.85 Å². The quantitative estimate of drug-likeness (QED) is 0.327. The minimum atomic E-state index is -2.44. The van der Waals surface area contributed by atoms with E-state index in [4.69, 9.17) is 5.41 Å². The summed E-state index contributed by atoms with van der Waals surface area (Å²) < 4.78 is 4.71. The molecule has 0 radical (unpaired) electrons. The molecule has 3 heteroatoms. The molecule has 0 rings (SSSR count). The van der Waals surface area contributed by atoms with Gasteiger partial charge in [0, 0.05) is 0 Å². The summed E-state index contributed by atoms with van der Waals surface area (Å²) in [6, 6.07) is 0. The number of amidine groups is 1. The van der Waals surface area contributed by atoms with Gasteiger partial charge in [0.05, 0.1) is 0 Å². The van der Waals surface area contributed by atoms with Gasteiger partial charge in [-0.1, -0.05) is 0 Å². The second-order valence-corrected chi connectivity index (χ2v) is 18.0. The molecule has 0 heterocycles. The Kier molecular flexibility index (Phi) is 10.2. The third kappa shape index (κ3) is 6.03. The Labute approximate surface area is 112 Å². The van der Waals surface area contributed by atoms with Crippen LogP contribution in [0.25, 0.3) is 0 Å². The molecular weight excluding hydrogens is 315 g/mol. The van der Waals surface area contributed by atoms with Crippen LogP contribution in [0.5, 0.6) is 0 Å². The number of hydrogen-bond donors (Lipinski definition) is 1. The molecule has 0 saturated carbocycles. The van der Waals surface area contributed by atoms with Gasteiger partial charge in [-0.05, 0) is 0 Å². The molecule has 0 aromatic heterocycles. The SMILES string of the molecule is C=N[C](=N)[Sn]([CH2]CCC)([CH2]CCC)[CH2]CCC. The number of hydrogen-bond acceptors (Lipinski definition) is 1. The van der Waals surface area contributed by atoms with E-state index in [0.29, 0.717) is 0 Å². The third-order valence-electron chi connectivity index (χ3n) is 3.69. The summed E-state index contributed by atoms with van der Waals surface area (Å²) in [4.78, 5) is 4.05. The van der Waals surface area contributed by atoms with Crippen molar-refractivity contribution < 1.29 is 0 Å². The van der Waals surface area contributed by atoms with Crippen molar-refractivity contribution in [1.29, 1.82) is 5.41 Å². The molecule has 0 spiro atoms. The van der Waals surface area contributed by atoms with Gasteiger partial charge in [-0.25, -0.2) is 0 Å². The van der Waals surface area contributed by atoms with Crippen molar-refractivity contribution in [2.45, 2.75) is 72.6 Å². The van der Waals surface area contributed by atoms with Gasteiger partial charge in [0.25, 0.3) is 0 Å².